The van der Waals surface area contributed by atoms with E-state index < -0.39 is 0 Å². The minimum absolute atomic E-state index is 0.191. The van der Waals surface area contributed by atoms with Gasteiger partial charge >= 0.3 is 0 Å². The maximum absolute atomic E-state index is 4.69. The zero-order valence-electron chi connectivity index (χ0n) is 14.4. The fraction of sp³-hybridized carbons (Fsp3) is 0.429. The minimum Gasteiger partial charge on any atom is -0.285 e. The third-order valence-electron chi connectivity index (χ3n) is 4.07. The topological polar surface area (TPSA) is 12.4 Å². The monoisotopic (exact) mass is 293 g/mol. The van der Waals surface area contributed by atoms with Crippen molar-refractivity contribution in [1.82, 2.24) is 0 Å². The second-order valence-corrected chi connectivity index (χ2v) is 6.66. The normalized spacial score (nSPS) is 23.0. The second kappa shape index (κ2) is 6.94. The molecular formula is C21H27N. The molecule has 1 nitrogen and oxygen atoms in total. The summed E-state index contributed by atoms with van der Waals surface area (Å²) in [6.45, 7) is 10.7. The van der Waals surface area contributed by atoms with E-state index in [1.54, 1.807) is 0 Å². The van der Waals surface area contributed by atoms with Crippen molar-refractivity contribution in [2.75, 3.05) is 0 Å². The SMILES string of the molecule is CC.CC(C)(C)C1=CC(C2C=C=C(c3ccccc3)C2)N=C1. The lowest BCUT2D eigenvalue weighted by molar-refractivity contribution is 0.523. The van der Waals surface area contributed by atoms with Gasteiger partial charge in [0.1, 0.15) is 0 Å². The van der Waals surface area contributed by atoms with Crippen molar-refractivity contribution < 1.29 is 0 Å². The quantitative estimate of drug-likeness (QED) is 0.620. The number of nitrogens with zero attached hydrogens (tertiary/aromatic N) is 1. The highest BCUT2D eigenvalue weighted by atomic mass is 14.8. The van der Waals surface area contributed by atoms with Crippen LogP contribution in [0, 0.1) is 11.3 Å². The largest absolute Gasteiger partial charge is 0.285 e. The molecule has 22 heavy (non-hydrogen) atoms. The van der Waals surface area contributed by atoms with Crippen molar-refractivity contribution in [3.8, 4) is 0 Å². The van der Waals surface area contributed by atoms with Crippen LogP contribution in [0.25, 0.3) is 5.57 Å². The number of hydrogen-bond acceptors (Lipinski definition) is 1. The molecule has 0 aromatic heterocycles. The van der Waals surface area contributed by atoms with Crippen molar-refractivity contribution >= 4 is 11.8 Å². The van der Waals surface area contributed by atoms with Crippen LogP contribution in [0.4, 0.5) is 0 Å². The van der Waals surface area contributed by atoms with Gasteiger partial charge in [-0.15, -0.1) is 5.73 Å². The van der Waals surface area contributed by atoms with E-state index in [1.165, 1.54) is 16.7 Å². The molecule has 1 heteroatoms. The maximum atomic E-state index is 4.69. The van der Waals surface area contributed by atoms with E-state index in [0.29, 0.717) is 5.92 Å². The van der Waals surface area contributed by atoms with E-state index in [2.05, 4.69) is 75.2 Å². The van der Waals surface area contributed by atoms with Crippen LogP contribution in [-0.2, 0) is 0 Å². The molecule has 2 atom stereocenters. The summed E-state index contributed by atoms with van der Waals surface area (Å²) in [4.78, 5) is 4.69. The van der Waals surface area contributed by atoms with E-state index in [0.717, 1.165) is 6.42 Å². The fourth-order valence-corrected chi connectivity index (χ4v) is 2.74. The van der Waals surface area contributed by atoms with Gasteiger partial charge in [-0.05, 0) is 29.0 Å². The average molecular weight is 293 g/mol. The first-order chi connectivity index (χ1) is 10.5. The standard InChI is InChI=1S/C19H21N.C2H6/c1-19(2,3)17-12-18(20-13-17)16-10-9-15(11-16)14-7-5-4-6-8-14;1-2/h4-8,10,12-13,16,18H,11H2,1-3H3;1-2H3. The van der Waals surface area contributed by atoms with Gasteiger partial charge in [0, 0.05) is 17.7 Å². The van der Waals surface area contributed by atoms with E-state index in [9.17, 15) is 0 Å². The summed E-state index contributed by atoms with van der Waals surface area (Å²) in [6, 6.07) is 10.8. The average Bonchev–Trinajstić information content (AvgIpc) is 3.19. The summed E-state index contributed by atoms with van der Waals surface area (Å²) >= 11 is 0. The number of benzene rings is 1. The molecule has 3 rings (SSSR count). The zero-order valence-corrected chi connectivity index (χ0v) is 14.4. The summed E-state index contributed by atoms with van der Waals surface area (Å²) in [5.41, 5.74) is 7.58. The smallest absolute Gasteiger partial charge is 0.0758 e. The van der Waals surface area contributed by atoms with Crippen molar-refractivity contribution in [2.24, 2.45) is 16.3 Å². The lowest BCUT2D eigenvalue weighted by atomic mass is 9.85. The number of hydrogen-bond donors (Lipinski definition) is 0. The number of allylic oxidation sites excluding steroid dienone is 1. The van der Waals surface area contributed by atoms with Crippen LogP contribution in [0.5, 0.6) is 0 Å². The zero-order chi connectivity index (χ0) is 16.2. The van der Waals surface area contributed by atoms with Crippen molar-refractivity contribution in [2.45, 2.75) is 47.1 Å². The summed E-state index contributed by atoms with van der Waals surface area (Å²) < 4.78 is 0. The molecular weight excluding hydrogens is 266 g/mol. The van der Waals surface area contributed by atoms with E-state index in [-0.39, 0.29) is 11.5 Å². The first-order valence-electron chi connectivity index (χ1n) is 8.30. The van der Waals surface area contributed by atoms with Crippen LogP contribution in [-0.4, -0.2) is 12.3 Å². The molecule has 0 fully saturated rings. The Labute approximate surface area is 135 Å². The molecule has 0 saturated heterocycles. The highest BCUT2D eigenvalue weighted by Crippen LogP contribution is 2.35. The van der Waals surface area contributed by atoms with Crippen LogP contribution >= 0.6 is 0 Å². The van der Waals surface area contributed by atoms with Crippen LogP contribution in [0.1, 0.15) is 46.6 Å². The van der Waals surface area contributed by atoms with Crippen LogP contribution < -0.4 is 0 Å². The van der Waals surface area contributed by atoms with Gasteiger partial charge < -0.3 is 0 Å². The molecule has 1 heterocycles. The van der Waals surface area contributed by atoms with Crippen molar-refractivity contribution in [3.63, 3.8) is 0 Å². The highest BCUT2D eigenvalue weighted by molar-refractivity contribution is 5.83. The van der Waals surface area contributed by atoms with Crippen LogP contribution in [0.2, 0.25) is 0 Å². The van der Waals surface area contributed by atoms with Gasteiger partial charge in [-0.25, -0.2) is 0 Å². The van der Waals surface area contributed by atoms with Crippen molar-refractivity contribution in [3.05, 3.63) is 59.4 Å². The molecule has 1 aliphatic heterocycles. The molecule has 1 aromatic carbocycles. The Hall–Kier alpha value is -1.85. The summed E-state index contributed by atoms with van der Waals surface area (Å²) in [7, 11) is 0. The molecule has 116 valence electrons. The Morgan fingerprint density at radius 1 is 1.09 bits per heavy atom. The van der Waals surface area contributed by atoms with Gasteiger partial charge in [0.2, 0.25) is 0 Å². The lowest BCUT2D eigenvalue weighted by Crippen LogP contribution is -2.12. The van der Waals surface area contributed by atoms with E-state index in [4.69, 9.17) is 4.99 Å². The molecule has 0 N–H and O–H groups in total. The molecule has 0 saturated carbocycles. The summed E-state index contributed by atoms with van der Waals surface area (Å²) in [5, 5.41) is 0. The molecule has 2 aliphatic rings. The van der Waals surface area contributed by atoms with Crippen LogP contribution in [0.15, 0.2) is 58.8 Å². The molecule has 0 radical (unpaired) electrons. The Kier molecular flexibility index (Phi) is 5.21. The second-order valence-electron chi connectivity index (χ2n) is 6.66. The highest BCUT2D eigenvalue weighted by Gasteiger charge is 2.27. The van der Waals surface area contributed by atoms with E-state index >= 15 is 0 Å². The Morgan fingerprint density at radius 3 is 2.36 bits per heavy atom. The van der Waals surface area contributed by atoms with Gasteiger partial charge in [-0.2, -0.15) is 0 Å². The first-order valence-corrected chi connectivity index (χ1v) is 8.30. The summed E-state index contributed by atoms with van der Waals surface area (Å²) in [6.07, 6.45) is 7.63. The Morgan fingerprint density at radius 2 is 1.77 bits per heavy atom. The molecule has 0 bridgehead atoms. The predicted molar refractivity (Wildman–Crippen MR) is 97.2 cm³/mol. The van der Waals surface area contributed by atoms with Gasteiger partial charge in [0.15, 0.2) is 0 Å². The van der Waals surface area contributed by atoms with Gasteiger partial charge in [-0.1, -0.05) is 71.0 Å². The van der Waals surface area contributed by atoms with E-state index in [1.807, 2.05) is 13.8 Å². The Balaban J connectivity index is 0.000000847. The molecule has 0 spiro atoms. The van der Waals surface area contributed by atoms with Gasteiger partial charge in [0.25, 0.3) is 0 Å². The van der Waals surface area contributed by atoms with Crippen molar-refractivity contribution in [1.29, 1.82) is 0 Å². The molecule has 1 aliphatic carbocycles. The van der Waals surface area contributed by atoms with Gasteiger partial charge in [0.05, 0.1) is 6.04 Å². The summed E-state index contributed by atoms with van der Waals surface area (Å²) in [5.74, 6) is 0.460. The fourth-order valence-electron chi connectivity index (χ4n) is 2.74. The lowest BCUT2D eigenvalue weighted by Gasteiger charge is -2.18. The maximum Gasteiger partial charge on any atom is 0.0758 e. The molecule has 0 amide bonds. The Bertz CT molecular complexity index is 620. The van der Waals surface area contributed by atoms with Crippen LogP contribution in [0.3, 0.4) is 0 Å². The molecule has 2 unspecified atom stereocenters. The molecule has 1 aromatic rings. The van der Waals surface area contributed by atoms with Gasteiger partial charge in [-0.3, -0.25) is 4.99 Å². The minimum atomic E-state index is 0.191. The third kappa shape index (κ3) is 3.67. The predicted octanol–water partition coefficient (Wildman–Crippen LogP) is 5.70. The third-order valence-corrected chi connectivity index (χ3v) is 4.07. The number of rotatable bonds is 2. The first kappa shape index (κ1) is 16.5. The number of aliphatic imine (C=N–C) groups is 1.